The van der Waals surface area contributed by atoms with Gasteiger partial charge in [-0.3, -0.25) is 4.79 Å². The predicted molar refractivity (Wildman–Crippen MR) is 98.2 cm³/mol. The third-order valence-corrected chi connectivity index (χ3v) is 6.02. The summed E-state index contributed by atoms with van der Waals surface area (Å²) >= 11 is 1.39. The number of aromatic nitrogens is 4. The van der Waals surface area contributed by atoms with Crippen molar-refractivity contribution >= 4 is 17.7 Å². The Labute approximate surface area is 152 Å². The molecule has 1 N–H and O–H groups in total. The fourth-order valence-corrected chi connectivity index (χ4v) is 4.01. The van der Waals surface area contributed by atoms with Crippen LogP contribution in [-0.2, 0) is 11.3 Å². The van der Waals surface area contributed by atoms with Crippen molar-refractivity contribution < 1.29 is 4.79 Å². The number of tetrazole rings is 1. The lowest BCUT2D eigenvalue weighted by Crippen LogP contribution is -2.44. The zero-order valence-corrected chi connectivity index (χ0v) is 15.6. The van der Waals surface area contributed by atoms with E-state index in [1.807, 2.05) is 30.3 Å². The molecule has 1 amide bonds. The molecule has 25 heavy (non-hydrogen) atoms. The van der Waals surface area contributed by atoms with Crippen molar-refractivity contribution in [1.82, 2.24) is 25.5 Å². The SMILES string of the molecule is CC1CCCC(NC(=O)CSc2nnnn2Cc2ccccc2)C1C. The van der Waals surface area contributed by atoms with Gasteiger partial charge in [0.05, 0.1) is 12.3 Å². The molecular weight excluding hydrogens is 334 g/mol. The summed E-state index contributed by atoms with van der Waals surface area (Å²) in [7, 11) is 0. The minimum absolute atomic E-state index is 0.0604. The fourth-order valence-electron chi connectivity index (χ4n) is 3.32. The molecule has 1 fully saturated rings. The standard InChI is InChI=1S/C18H25N5OS/c1-13-7-6-10-16(14(13)2)19-17(24)12-25-18-20-21-22-23(18)11-15-8-4-3-5-9-15/h3-5,8-9,13-14,16H,6-7,10-12H2,1-2H3,(H,19,24). The number of carbonyl (C=O) groups excluding carboxylic acids is 1. The number of hydrogen-bond acceptors (Lipinski definition) is 5. The quantitative estimate of drug-likeness (QED) is 0.803. The van der Waals surface area contributed by atoms with E-state index >= 15 is 0 Å². The summed E-state index contributed by atoms with van der Waals surface area (Å²) in [5, 5.41) is 15.7. The Morgan fingerprint density at radius 3 is 2.88 bits per heavy atom. The molecule has 1 saturated carbocycles. The normalized spacial score (nSPS) is 23.4. The predicted octanol–water partition coefficient (Wildman–Crippen LogP) is 2.75. The lowest BCUT2D eigenvalue weighted by Gasteiger charge is -2.34. The molecule has 3 atom stereocenters. The minimum Gasteiger partial charge on any atom is -0.352 e. The first-order valence-electron chi connectivity index (χ1n) is 8.85. The van der Waals surface area contributed by atoms with Crippen LogP contribution in [0.3, 0.4) is 0 Å². The van der Waals surface area contributed by atoms with E-state index in [1.165, 1.54) is 24.6 Å². The van der Waals surface area contributed by atoms with Crippen molar-refractivity contribution in [3.05, 3.63) is 35.9 Å². The van der Waals surface area contributed by atoms with Gasteiger partial charge in [-0.05, 0) is 34.2 Å². The highest BCUT2D eigenvalue weighted by Gasteiger charge is 2.28. The van der Waals surface area contributed by atoms with Gasteiger partial charge < -0.3 is 5.32 Å². The van der Waals surface area contributed by atoms with Crippen molar-refractivity contribution in [2.24, 2.45) is 11.8 Å². The van der Waals surface area contributed by atoms with Crippen LogP contribution in [-0.4, -0.2) is 37.9 Å². The van der Waals surface area contributed by atoms with Gasteiger partial charge in [-0.25, -0.2) is 4.68 Å². The summed E-state index contributed by atoms with van der Waals surface area (Å²) in [6.45, 7) is 5.12. The van der Waals surface area contributed by atoms with Gasteiger partial charge in [-0.2, -0.15) is 0 Å². The number of thioether (sulfide) groups is 1. The van der Waals surface area contributed by atoms with E-state index in [-0.39, 0.29) is 11.9 Å². The van der Waals surface area contributed by atoms with E-state index in [4.69, 9.17) is 0 Å². The third kappa shape index (κ3) is 4.81. The maximum atomic E-state index is 12.3. The maximum Gasteiger partial charge on any atom is 0.230 e. The first kappa shape index (κ1) is 17.9. The van der Waals surface area contributed by atoms with Crippen molar-refractivity contribution in [1.29, 1.82) is 0 Å². The van der Waals surface area contributed by atoms with Crippen LogP contribution in [0.25, 0.3) is 0 Å². The number of carbonyl (C=O) groups is 1. The average Bonchev–Trinajstić information content (AvgIpc) is 3.05. The van der Waals surface area contributed by atoms with E-state index in [1.54, 1.807) is 4.68 Å². The number of benzene rings is 1. The Bertz CT molecular complexity index is 690. The smallest absolute Gasteiger partial charge is 0.230 e. The van der Waals surface area contributed by atoms with Crippen LogP contribution >= 0.6 is 11.8 Å². The van der Waals surface area contributed by atoms with Crippen LogP contribution in [0.1, 0.15) is 38.7 Å². The van der Waals surface area contributed by atoms with Gasteiger partial charge in [0.25, 0.3) is 0 Å². The van der Waals surface area contributed by atoms with Crippen LogP contribution in [0.15, 0.2) is 35.5 Å². The molecule has 0 aliphatic heterocycles. The maximum absolute atomic E-state index is 12.3. The van der Waals surface area contributed by atoms with Gasteiger partial charge in [-0.15, -0.1) is 5.10 Å². The summed E-state index contributed by atoms with van der Waals surface area (Å²) in [6, 6.07) is 10.3. The van der Waals surface area contributed by atoms with Crippen molar-refractivity contribution in [3.63, 3.8) is 0 Å². The monoisotopic (exact) mass is 359 g/mol. The Morgan fingerprint density at radius 1 is 1.28 bits per heavy atom. The summed E-state index contributed by atoms with van der Waals surface area (Å²) in [5.74, 6) is 1.61. The Morgan fingerprint density at radius 2 is 2.08 bits per heavy atom. The topological polar surface area (TPSA) is 72.7 Å². The van der Waals surface area contributed by atoms with E-state index in [0.29, 0.717) is 29.3 Å². The largest absolute Gasteiger partial charge is 0.352 e. The second kappa shape index (κ2) is 8.47. The van der Waals surface area contributed by atoms with E-state index in [9.17, 15) is 4.79 Å². The average molecular weight is 359 g/mol. The molecule has 6 nitrogen and oxygen atoms in total. The Kier molecular flexibility index (Phi) is 6.07. The molecule has 3 unspecified atom stereocenters. The molecule has 1 aromatic carbocycles. The van der Waals surface area contributed by atoms with Crippen LogP contribution in [0, 0.1) is 11.8 Å². The van der Waals surface area contributed by atoms with Crippen molar-refractivity contribution in [2.75, 3.05) is 5.75 Å². The number of rotatable bonds is 6. The van der Waals surface area contributed by atoms with E-state index < -0.39 is 0 Å². The molecule has 0 spiro atoms. The molecule has 0 radical (unpaired) electrons. The highest BCUT2D eigenvalue weighted by Crippen LogP contribution is 2.29. The molecule has 1 heterocycles. The number of hydrogen-bond donors (Lipinski definition) is 1. The second-order valence-electron chi connectivity index (χ2n) is 6.83. The zero-order chi connectivity index (χ0) is 17.6. The molecule has 1 aliphatic carbocycles. The summed E-state index contributed by atoms with van der Waals surface area (Å²) in [6.07, 6.45) is 3.53. The summed E-state index contributed by atoms with van der Waals surface area (Å²) < 4.78 is 1.73. The van der Waals surface area contributed by atoms with Gasteiger partial charge in [0.1, 0.15) is 0 Å². The Hall–Kier alpha value is -1.89. The van der Waals surface area contributed by atoms with Crippen LogP contribution in [0.5, 0.6) is 0 Å². The third-order valence-electron chi connectivity index (χ3n) is 5.06. The van der Waals surface area contributed by atoms with Crippen molar-refractivity contribution in [3.8, 4) is 0 Å². The van der Waals surface area contributed by atoms with Gasteiger partial charge in [0, 0.05) is 6.04 Å². The Balaban J connectivity index is 1.52. The first-order chi connectivity index (χ1) is 12.1. The minimum atomic E-state index is 0.0604. The highest BCUT2D eigenvalue weighted by atomic mass is 32.2. The van der Waals surface area contributed by atoms with Crippen LogP contribution in [0.4, 0.5) is 0 Å². The molecule has 0 saturated heterocycles. The molecule has 134 valence electrons. The van der Waals surface area contributed by atoms with E-state index in [0.717, 1.165) is 12.0 Å². The summed E-state index contributed by atoms with van der Waals surface area (Å²) in [4.78, 5) is 12.3. The number of amides is 1. The molecular formula is C18H25N5OS. The number of nitrogens with zero attached hydrogens (tertiary/aromatic N) is 4. The molecule has 7 heteroatoms. The summed E-state index contributed by atoms with van der Waals surface area (Å²) in [5.41, 5.74) is 1.13. The molecule has 0 bridgehead atoms. The lowest BCUT2D eigenvalue weighted by molar-refractivity contribution is -0.120. The zero-order valence-electron chi connectivity index (χ0n) is 14.8. The van der Waals surface area contributed by atoms with Crippen LogP contribution < -0.4 is 5.32 Å². The lowest BCUT2D eigenvalue weighted by atomic mass is 9.78. The second-order valence-corrected chi connectivity index (χ2v) is 7.78. The van der Waals surface area contributed by atoms with Crippen molar-refractivity contribution in [2.45, 2.75) is 50.9 Å². The molecule has 2 aromatic rings. The van der Waals surface area contributed by atoms with Crippen LogP contribution in [0.2, 0.25) is 0 Å². The fraction of sp³-hybridized carbons (Fsp3) is 0.556. The van der Waals surface area contributed by atoms with Gasteiger partial charge >= 0.3 is 0 Å². The van der Waals surface area contributed by atoms with Gasteiger partial charge in [-0.1, -0.05) is 68.8 Å². The number of nitrogens with one attached hydrogen (secondary N) is 1. The molecule has 3 rings (SSSR count). The van der Waals surface area contributed by atoms with Gasteiger partial charge in [0.2, 0.25) is 11.1 Å². The highest BCUT2D eigenvalue weighted by molar-refractivity contribution is 7.99. The molecule has 1 aromatic heterocycles. The van der Waals surface area contributed by atoms with Gasteiger partial charge in [0.15, 0.2) is 0 Å². The molecule has 1 aliphatic rings. The van der Waals surface area contributed by atoms with E-state index in [2.05, 4.69) is 34.7 Å². The first-order valence-corrected chi connectivity index (χ1v) is 9.84.